The SMILES string of the molecule is O=C(OCC12CC3CC4CC(C1)C432)C(F)(F)S(=O)O. The van der Waals surface area contributed by atoms with Gasteiger partial charge in [-0.1, -0.05) is 0 Å². The summed E-state index contributed by atoms with van der Waals surface area (Å²) < 4.78 is 49.5. The highest BCUT2D eigenvalue weighted by atomic mass is 32.2. The van der Waals surface area contributed by atoms with Crippen LogP contribution in [0.5, 0.6) is 0 Å². The number of carbonyl (C=O) groups is 1. The summed E-state index contributed by atoms with van der Waals surface area (Å²) in [5, 5.41) is -4.32. The van der Waals surface area contributed by atoms with Gasteiger partial charge in [0.25, 0.3) is 0 Å². The number of rotatable bonds is 4. The smallest absolute Gasteiger partial charge is 0.439 e. The molecule has 0 bridgehead atoms. The Bertz CT molecular complexity index is 480. The molecule has 1 spiro atoms. The normalized spacial score (nSPS) is 50.4. The van der Waals surface area contributed by atoms with Crippen molar-refractivity contribution in [1.82, 2.24) is 0 Å². The number of hydrogen-bond donors (Lipinski definition) is 1. The molecule has 0 heterocycles. The number of ether oxygens (including phenoxy) is 1. The molecular weight excluding hydrogens is 278 g/mol. The third-order valence-electron chi connectivity index (χ3n) is 6.29. The maximum absolute atomic E-state index is 13.0. The maximum Gasteiger partial charge on any atom is 0.439 e. The van der Waals surface area contributed by atoms with Crippen LogP contribution >= 0.6 is 0 Å². The molecule has 4 saturated carbocycles. The molecule has 7 heteroatoms. The van der Waals surface area contributed by atoms with Crippen LogP contribution in [0.2, 0.25) is 0 Å². The molecule has 3 atom stereocenters. The molecule has 0 amide bonds. The first-order valence-corrected chi connectivity index (χ1v) is 7.61. The van der Waals surface area contributed by atoms with Crippen molar-refractivity contribution in [1.29, 1.82) is 0 Å². The zero-order valence-electron chi connectivity index (χ0n) is 10.1. The van der Waals surface area contributed by atoms with Crippen molar-refractivity contribution in [2.75, 3.05) is 6.61 Å². The minimum absolute atomic E-state index is 0.0118. The second kappa shape index (κ2) is 3.19. The van der Waals surface area contributed by atoms with Crippen LogP contribution in [0.4, 0.5) is 8.78 Å². The molecule has 0 aliphatic heterocycles. The molecule has 4 rings (SSSR count). The standard InChI is InChI=1S/C12H14F2O4S/c13-12(14,19(16)17)9(15)18-5-10-3-7-1-6-2-8(4-10)11(6,7)10/h6-8H,1-5H2,(H,16,17). The first-order chi connectivity index (χ1) is 8.84. The van der Waals surface area contributed by atoms with E-state index in [2.05, 4.69) is 4.74 Å². The van der Waals surface area contributed by atoms with Crippen LogP contribution in [0.25, 0.3) is 0 Å². The van der Waals surface area contributed by atoms with Crippen LogP contribution in [0.3, 0.4) is 0 Å². The Morgan fingerprint density at radius 3 is 2.32 bits per heavy atom. The molecule has 0 radical (unpaired) electrons. The van der Waals surface area contributed by atoms with Gasteiger partial charge in [0.15, 0.2) is 0 Å². The van der Waals surface area contributed by atoms with Crippen LogP contribution in [-0.2, 0) is 20.6 Å². The summed E-state index contributed by atoms with van der Waals surface area (Å²) in [5.74, 6) is 0.241. The van der Waals surface area contributed by atoms with Gasteiger partial charge >= 0.3 is 11.2 Å². The predicted octanol–water partition coefficient (Wildman–Crippen LogP) is 1.78. The van der Waals surface area contributed by atoms with Crippen LogP contribution < -0.4 is 0 Å². The highest BCUT2D eigenvalue weighted by Gasteiger charge is 2.87. The molecule has 4 aliphatic carbocycles. The molecule has 0 aromatic heterocycles. The summed E-state index contributed by atoms with van der Waals surface area (Å²) in [6, 6.07) is 0. The van der Waals surface area contributed by atoms with Crippen molar-refractivity contribution in [3.8, 4) is 0 Å². The van der Waals surface area contributed by atoms with E-state index in [1.165, 1.54) is 12.8 Å². The number of hydrogen-bond acceptors (Lipinski definition) is 3. The molecule has 0 saturated heterocycles. The van der Waals surface area contributed by atoms with Gasteiger partial charge in [-0.2, -0.15) is 8.78 Å². The summed E-state index contributed by atoms with van der Waals surface area (Å²) in [5.41, 5.74) is 0.202. The summed E-state index contributed by atoms with van der Waals surface area (Å²) >= 11 is -3.52. The van der Waals surface area contributed by atoms with E-state index >= 15 is 0 Å². The van der Waals surface area contributed by atoms with Crippen LogP contribution in [-0.4, -0.2) is 26.6 Å². The predicted molar refractivity (Wildman–Crippen MR) is 60.5 cm³/mol. The molecule has 0 aromatic carbocycles. The van der Waals surface area contributed by atoms with E-state index in [1.807, 2.05) is 0 Å². The van der Waals surface area contributed by atoms with E-state index in [-0.39, 0.29) is 12.0 Å². The summed E-state index contributed by atoms with van der Waals surface area (Å²) in [4.78, 5) is 11.2. The van der Waals surface area contributed by atoms with Crippen LogP contribution in [0.15, 0.2) is 0 Å². The molecule has 106 valence electrons. The van der Waals surface area contributed by atoms with Gasteiger partial charge < -0.3 is 9.29 Å². The molecule has 4 aliphatic rings. The van der Waals surface area contributed by atoms with E-state index in [9.17, 15) is 17.8 Å². The van der Waals surface area contributed by atoms with Crippen molar-refractivity contribution in [2.45, 2.75) is 30.9 Å². The fourth-order valence-electron chi connectivity index (χ4n) is 5.77. The number of carbonyl (C=O) groups excluding carboxylic acids is 1. The molecular formula is C12H14F2O4S. The average Bonchev–Trinajstić information content (AvgIpc) is 2.23. The highest BCUT2D eigenvalue weighted by molar-refractivity contribution is 7.81. The quantitative estimate of drug-likeness (QED) is 0.633. The Hall–Kier alpha value is -0.560. The van der Waals surface area contributed by atoms with Crippen molar-refractivity contribution in [2.24, 2.45) is 28.6 Å². The lowest BCUT2D eigenvalue weighted by molar-refractivity contribution is -0.437. The van der Waals surface area contributed by atoms with Crippen molar-refractivity contribution in [3.63, 3.8) is 0 Å². The topological polar surface area (TPSA) is 63.6 Å². The molecule has 19 heavy (non-hydrogen) atoms. The Morgan fingerprint density at radius 1 is 1.32 bits per heavy atom. The maximum atomic E-state index is 13.0. The van der Waals surface area contributed by atoms with E-state index < -0.39 is 22.3 Å². The van der Waals surface area contributed by atoms with Crippen LogP contribution in [0.1, 0.15) is 25.7 Å². The molecule has 4 nitrogen and oxygen atoms in total. The van der Waals surface area contributed by atoms with E-state index in [0.29, 0.717) is 23.2 Å². The Labute approximate surface area is 111 Å². The third kappa shape index (κ3) is 1.07. The molecule has 1 N–H and O–H groups in total. The lowest BCUT2D eigenvalue weighted by atomic mass is 9.13. The first-order valence-electron chi connectivity index (χ1n) is 6.50. The van der Waals surface area contributed by atoms with Gasteiger partial charge in [0.05, 0.1) is 6.61 Å². The lowest BCUT2D eigenvalue weighted by Crippen LogP contribution is -2.86. The van der Waals surface area contributed by atoms with Crippen molar-refractivity contribution in [3.05, 3.63) is 0 Å². The highest BCUT2D eigenvalue weighted by Crippen LogP contribution is 2.92. The van der Waals surface area contributed by atoms with Gasteiger partial charge in [-0.25, -0.2) is 9.00 Å². The zero-order valence-corrected chi connectivity index (χ0v) is 10.9. The molecule has 0 aromatic rings. The minimum atomic E-state index is -4.32. The van der Waals surface area contributed by atoms with Gasteiger partial charge in [-0.05, 0) is 48.9 Å². The second-order valence-corrected chi connectivity index (χ2v) is 7.54. The van der Waals surface area contributed by atoms with Gasteiger partial charge in [-0.3, -0.25) is 0 Å². The second-order valence-electron chi connectivity index (χ2n) is 6.53. The first kappa shape index (κ1) is 12.2. The van der Waals surface area contributed by atoms with Gasteiger partial charge in [0.2, 0.25) is 11.1 Å². The summed E-state index contributed by atoms with van der Waals surface area (Å²) in [6.45, 7) is -0.0118. The van der Waals surface area contributed by atoms with E-state index in [4.69, 9.17) is 4.55 Å². The van der Waals surface area contributed by atoms with E-state index in [0.717, 1.165) is 12.8 Å². The fourth-order valence-corrected chi connectivity index (χ4v) is 5.97. The van der Waals surface area contributed by atoms with Crippen LogP contribution in [0, 0.1) is 28.6 Å². The Morgan fingerprint density at radius 2 is 1.89 bits per heavy atom. The monoisotopic (exact) mass is 292 g/mol. The lowest BCUT2D eigenvalue weighted by Gasteiger charge is -2.91. The van der Waals surface area contributed by atoms with Crippen molar-refractivity contribution < 1.29 is 27.1 Å². The molecule has 4 fully saturated rings. The van der Waals surface area contributed by atoms with Gasteiger partial charge in [-0.15, -0.1) is 0 Å². The third-order valence-corrected chi connectivity index (χ3v) is 6.90. The summed E-state index contributed by atoms with van der Waals surface area (Å²) in [7, 11) is 0. The average molecular weight is 292 g/mol. The number of halogens is 2. The van der Waals surface area contributed by atoms with Gasteiger partial charge in [0.1, 0.15) is 0 Å². The summed E-state index contributed by atoms with van der Waals surface area (Å²) in [6.07, 6.45) is 4.40. The zero-order chi connectivity index (χ0) is 13.6. The van der Waals surface area contributed by atoms with Gasteiger partial charge in [0, 0.05) is 5.41 Å². The largest absolute Gasteiger partial charge is 0.460 e. The Balaban J connectivity index is 1.42. The molecule has 3 unspecified atom stereocenters. The number of alkyl halides is 2. The minimum Gasteiger partial charge on any atom is -0.460 e. The fraction of sp³-hybridized carbons (Fsp3) is 0.917. The van der Waals surface area contributed by atoms with E-state index in [1.54, 1.807) is 0 Å². The Kier molecular flexibility index (Phi) is 2.05. The van der Waals surface area contributed by atoms with Crippen molar-refractivity contribution >= 4 is 17.0 Å². The number of esters is 1.